The summed E-state index contributed by atoms with van der Waals surface area (Å²) in [7, 11) is 1.63. The number of hydrogen-bond acceptors (Lipinski definition) is 6. The van der Waals surface area contributed by atoms with Crippen molar-refractivity contribution in [2.45, 2.75) is 38.0 Å². The highest BCUT2D eigenvalue weighted by molar-refractivity contribution is 8.15. The maximum absolute atomic E-state index is 12.9. The second-order valence-corrected chi connectivity index (χ2v) is 11.0. The number of halogens is 1. The second kappa shape index (κ2) is 11.0. The zero-order chi connectivity index (χ0) is 26.8. The van der Waals surface area contributed by atoms with Gasteiger partial charge in [0.05, 0.1) is 18.9 Å². The summed E-state index contributed by atoms with van der Waals surface area (Å²) in [5, 5.41) is 10.1. The Hall–Kier alpha value is -3.62. The van der Waals surface area contributed by atoms with Crippen molar-refractivity contribution in [1.29, 1.82) is 0 Å². The van der Waals surface area contributed by atoms with Crippen molar-refractivity contribution in [3.8, 4) is 5.75 Å². The van der Waals surface area contributed by atoms with Gasteiger partial charge in [0.25, 0.3) is 5.91 Å². The average molecular weight is 547 g/mol. The van der Waals surface area contributed by atoms with E-state index in [0.29, 0.717) is 16.6 Å². The Kier molecular flexibility index (Phi) is 7.53. The van der Waals surface area contributed by atoms with Gasteiger partial charge in [-0.15, -0.1) is 0 Å². The van der Waals surface area contributed by atoms with E-state index >= 15 is 0 Å². The van der Waals surface area contributed by atoms with Gasteiger partial charge >= 0.3 is 0 Å². The summed E-state index contributed by atoms with van der Waals surface area (Å²) in [5.41, 5.74) is 5.63. The van der Waals surface area contributed by atoms with Gasteiger partial charge in [0.2, 0.25) is 5.91 Å². The molecule has 0 aliphatic carbocycles. The van der Waals surface area contributed by atoms with E-state index in [1.54, 1.807) is 12.1 Å². The summed E-state index contributed by atoms with van der Waals surface area (Å²) in [6, 6.07) is 21.0. The number of aryl methyl sites for hydroxylation is 2. The lowest BCUT2D eigenvalue weighted by atomic mass is 9.98. The maximum Gasteiger partial charge on any atom is 0.262 e. The number of hydrazone groups is 1. The van der Waals surface area contributed by atoms with Crippen LogP contribution in [0, 0.1) is 13.8 Å². The van der Waals surface area contributed by atoms with Gasteiger partial charge in [-0.1, -0.05) is 41.6 Å². The molecule has 5 rings (SSSR count). The predicted octanol–water partition coefficient (Wildman–Crippen LogP) is 6.14. The van der Waals surface area contributed by atoms with E-state index in [1.165, 1.54) is 11.8 Å². The third kappa shape index (κ3) is 5.76. The number of amidine groups is 1. The number of methoxy groups -OCH3 is 1. The maximum atomic E-state index is 12.9. The molecule has 2 atom stereocenters. The van der Waals surface area contributed by atoms with E-state index in [9.17, 15) is 9.59 Å². The van der Waals surface area contributed by atoms with Crippen molar-refractivity contribution in [1.82, 2.24) is 5.01 Å². The fraction of sp³-hybridized carbons (Fsp3) is 0.241. The molecular formula is C29H27ClN4O3S. The molecule has 2 aliphatic rings. The molecule has 9 heteroatoms. The Morgan fingerprint density at radius 2 is 1.84 bits per heavy atom. The quantitative estimate of drug-likeness (QED) is 0.401. The molecule has 2 heterocycles. The average Bonchev–Trinajstić information content (AvgIpc) is 3.47. The van der Waals surface area contributed by atoms with Crippen LogP contribution in [0.4, 0.5) is 5.69 Å². The van der Waals surface area contributed by atoms with E-state index in [1.807, 2.05) is 80.6 Å². The van der Waals surface area contributed by atoms with Gasteiger partial charge < -0.3 is 10.1 Å². The number of thioether (sulfide) groups is 1. The molecule has 194 valence electrons. The van der Waals surface area contributed by atoms with Gasteiger partial charge in [0.1, 0.15) is 11.0 Å². The number of ether oxygens (including phenoxy) is 1. The first-order valence-corrected chi connectivity index (χ1v) is 13.5. The SMILES string of the molecule is COc1ccc(C2=NN(C3=NC(=O)[C@@H](CC(=O)Nc4cc(C)cc(C)c4)S3)[C@H](c3cccc(Cl)c3)C2)cc1. The van der Waals surface area contributed by atoms with Crippen molar-refractivity contribution >= 4 is 51.7 Å². The number of rotatable bonds is 6. The number of aliphatic imine (C=N–C) groups is 1. The molecule has 3 aromatic carbocycles. The van der Waals surface area contributed by atoms with Crippen molar-refractivity contribution in [3.05, 3.63) is 94.0 Å². The first kappa shape index (κ1) is 26.0. The molecular weight excluding hydrogens is 520 g/mol. The third-order valence-electron chi connectivity index (χ3n) is 6.37. The third-order valence-corrected chi connectivity index (χ3v) is 7.75. The monoisotopic (exact) mass is 546 g/mol. The predicted molar refractivity (Wildman–Crippen MR) is 153 cm³/mol. The molecule has 0 aromatic heterocycles. The lowest BCUT2D eigenvalue weighted by molar-refractivity contribution is -0.121. The molecule has 2 amide bonds. The molecule has 2 aliphatic heterocycles. The smallest absolute Gasteiger partial charge is 0.262 e. The summed E-state index contributed by atoms with van der Waals surface area (Å²) >= 11 is 7.58. The Bertz CT molecular complexity index is 1430. The minimum atomic E-state index is -0.615. The zero-order valence-electron chi connectivity index (χ0n) is 21.3. The molecule has 1 N–H and O–H groups in total. The molecule has 0 radical (unpaired) electrons. The van der Waals surface area contributed by atoms with Crippen LogP contribution in [-0.4, -0.2) is 40.1 Å². The van der Waals surface area contributed by atoms with Crippen LogP contribution in [0.3, 0.4) is 0 Å². The van der Waals surface area contributed by atoms with Gasteiger partial charge in [-0.25, -0.2) is 5.01 Å². The summed E-state index contributed by atoms with van der Waals surface area (Å²) in [6.07, 6.45) is 0.631. The number of nitrogens with zero attached hydrogens (tertiary/aromatic N) is 3. The van der Waals surface area contributed by atoms with Crippen LogP contribution >= 0.6 is 23.4 Å². The number of anilines is 1. The first-order chi connectivity index (χ1) is 18.3. The van der Waals surface area contributed by atoms with Crippen LogP contribution in [-0.2, 0) is 9.59 Å². The first-order valence-electron chi connectivity index (χ1n) is 12.2. The molecule has 0 spiro atoms. The van der Waals surface area contributed by atoms with E-state index < -0.39 is 5.25 Å². The van der Waals surface area contributed by atoms with Gasteiger partial charge in [0, 0.05) is 23.6 Å². The highest BCUT2D eigenvalue weighted by atomic mass is 35.5. The fourth-order valence-electron chi connectivity index (χ4n) is 4.65. The van der Waals surface area contributed by atoms with Crippen LogP contribution in [0.25, 0.3) is 0 Å². The summed E-state index contributed by atoms with van der Waals surface area (Å²) < 4.78 is 5.28. The van der Waals surface area contributed by atoms with Gasteiger partial charge in [-0.2, -0.15) is 10.1 Å². The molecule has 0 saturated heterocycles. The van der Waals surface area contributed by atoms with Crippen LogP contribution in [0.1, 0.15) is 41.1 Å². The zero-order valence-corrected chi connectivity index (χ0v) is 22.8. The Labute approximate surface area is 230 Å². The van der Waals surface area contributed by atoms with E-state index in [4.69, 9.17) is 21.4 Å². The number of carbonyl (C=O) groups is 2. The summed E-state index contributed by atoms with van der Waals surface area (Å²) in [6.45, 7) is 3.96. The van der Waals surface area contributed by atoms with E-state index in [2.05, 4.69) is 10.3 Å². The van der Waals surface area contributed by atoms with Crippen LogP contribution in [0.2, 0.25) is 5.02 Å². The van der Waals surface area contributed by atoms with Crippen molar-refractivity contribution in [2.75, 3.05) is 12.4 Å². The van der Waals surface area contributed by atoms with Gasteiger partial charge in [0.15, 0.2) is 5.17 Å². The number of amides is 2. The number of benzene rings is 3. The Morgan fingerprint density at radius 3 is 2.53 bits per heavy atom. The normalized spacial score (nSPS) is 18.8. The van der Waals surface area contributed by atoms with Crippen molar-refractivity contribution in [2.24, 2.45) is 10.1 Å². The van der Waals surface area contributed by atoms with E-state index in [-0.39, 0.29) is 24.3 Å². The lowest BCUT2D eigenvalue weighted by Gasteiger charge is -2.23. The standard InChI is InChI=1S/C29H27ClN4O3S/c1-17-11-18(2)13-22(12-17)31-27(35)16-26-28(36)32-29(38-26)34-25(20-5-4-6-21(30)14-20)15-24(33-34)19-7-9-23(37-3)10-8-19/h4-14,25-26H,15-16H2,1-3H3,(H,31,35)/t25-,26+/m0/s1. The van der Waals surface area contributed by atoms with Crippen molar-refractivity contribution in [3.63, 3.8) is 0 Å². The second-order valence-electron chi connectivity index (χ2n) is 9.36. The molecule has 0 unspecified atom stereocenters. The minimum absolute atomic E-state index is 0.0220. The van der Waals surface area contributed by atoms with E-state index in [0.717, 1.165) is 39.4 Å². The molecule has 3 aromatic rings. The number of hydrogen-bond donors (Lipinski definition) is 1. The van der Waals surface area contributed by atoms with Crippen molar-refractivity contribution < 1.29 is 14.3 Å². The number of nitrogens with one attached hydrogen (secondary N) is 1. The fourth-order valence-corrected chi connectivity index (χ4v) is 5.91. The molecule has 7 nitrogen and oxygen atoms in total. The van der Waals surface area contributed by atoms with Crippen LogP contribution in [0.15, 0.2) is 76.8 Å². The largest absolute Gasteiger partial charge is 0.497 e. The van der Waals surface area contributed by atoms with Crippen LogP contribution < -0.4 is 10.1 Å². The number of carbonyl (C=O) groups excluding carboxylic acids is 2. The Morgan fingerprint density at radius 1 is 1.11 bits per heavy atom. The van der Waals surface area contributed by atoms with Crippen LogP contribution in [0.5, 0.6) is 5.75 Å². The summed E-state index contributed by atoms with van der Waals surface area (Å²) in [4.78, 5) is 30.0. The lowest BCUT2D eigenvalue weighted by Crippen LogP contribution is -2.25. The highest BCUT2D eigenvalue weighted by Crippen LogP contribution is 2.39. The minimum Gasteiger partial charge on any atom is -0.497 e. The molecule has 0 bridgehead atoms. The molecule has 38 heavy (non-hydrogen) atoms. The molecule has 0 fully saturated rings. The summed E-state index contributed by atoms with van der Waals surface area (Å²) in [5.74, 6) is 0.199. The topological polar surface area (TPSA) is 83.4 Å². The van der Waals surface area contributed by atoms with Gasteiger partial charge in [-0.05, 0) is 84.6 Å². The molecule has 0 saturated carbocycles. The highest BCUT2D eigenvalue weighted by Gasteiger charge is 2.39. The Balaban J connectivity index is 1.35. The van der Waals surface area contributed by atoms with Gasteiger partial charge in [-0.3, -0.25) is 9.59 Å².